The Kier molecular flexibility index (Phi) is 6.48. The molecule has 0 aliphatic rings. The standard InChI is InChI=1S/C15H23NO4/c1-15(18,11-19-2)10-16-14(17)9-6-12-4-7-13(20-3)8-5-12/h4-5,7-8,18H,6,9-11H2,1-3H3,(H,16,17). The molecule has 1 atom stereocenters. The van der Waals surface area contributed by atoms with E-state index in [0.29, 0.717) is 12.8 Å². The molecule has 0 aliphatic heterocycles. The Morgan fingerprint density at radius 3 is 2.50 bits per heavy atom. The topological polar surface area (TPSA) is 67.8 Å². The fourth-order valence-corrected chi connectivity index (χ4v) is 1.79. The molecule has 0 aromatic heterocycles. The van der Waals surface area contributed by atoms with E-state index in [4.69, 9.17) is 9.47 Å². The first-order valence-corrected chi connectivity index (χ1v) is 6.58. The highest BCUT2D eigenvalue weighted by Gasteiger charge is 2.20. The molecule has 0 saturated heterocycles. The van der Waals surface area contributed by atoms with E-state index in [0.717, 1.165) is 11.3 Å². The quantitative estimate of drug-likeness (QED) is 0.750. The van der Waals surface area contributed by atoms with Gasteiger partial charge in [-0.3, -0.25) is 4.79 Å². The number of hydrogen-bond acceptors (Lipinski definition) is 4. The van der Waals surface area contributed by atoms with Gasteiger partial charge in [0.15, 0.2) is 0 Å². The Labute approximate surface area is 119 Å². The van der Waals surface area contributed by atoms with Crippen LogP contribution in [0.4, 0.5) is 0 Å². The van der Waals surface area contributed by atoms with Gasteiger partial charge in [0.05, 0.1) is 13.7 Å². The summed E-state index contributed by atoms with van der Waals surface area (Å²) in [4.78, 5) is 11.7. The first-order chi connectivity index (χ1) is 9.46. The lowest BCUT2D eigenvalue weighted by molar-refractivity contribution is -0.122. The van der Waals surface area contributed by atoms with Crippen LogP contribution in [0.25, 0.3) is 0 Å². The van der Waals surface area contributed by atoms with E-state index in [1.165, 1.54) is 7.11 Å². The van der Waals surface area contributed by atoms with E-state index in [-0.39, 0.29) is 19.1 Å². The molecule has 1 aromatic carbocycles. The minimum atomic E-state index is -1.04. The minimum Gasteiger partial charge on any atom is -0.497 e. The van der Waals surface area contributed by atoms with Crippen molar-refractivity contribution in [3.63, 3.8) is 0 Å². The first kappa shape index (κ1) is 16.5. The lowest BCUT2D eigenvalue weighted by Crippen LogP contribution is -2.43. The molecule has 0 spiro atoms. The number of ether oxygens (including phenoxy) is 2. The fourth-order valence-electron chi connectivity index (χ4n) is 1.79. The predicted molar refractivity (Wildman–Crippen MR) is 76.8 cm³/mol. The van der Waals surface area contributed by atoms with Crippen molar-refractivity contribution in [2.24, 2.45) is 0 Å². The number of rotatable bonds is 8. The third-order valence-corrected chi connectivity index (χ3v) is 2.92. The molecule has 1 rings (SSSR count). The number of carbonyl (C=O) groups excluding carboxylic acids is 1. The maximum Gasteiger partial charge on any atom is 0.220 e. The van der Waals surface area contributed by atoms with E-state index < -0.39 is 5.60 Å². The number of methoxy groups -OCH3 is 2. The number of amides is 1. The molecule has 2 N–H and O–H groups in total. The van der Waals surface area contributed by atoms with Crippen molar-refractivity contribution in [3.05, 3.63) is 29.8 Å². The number of carbonyl (C=O) groups is 1. The summed E-state index contributed by atoms with van der Waals surface area (Å²) >= 11 is 0. The number of benzene rings is 1. The van der Waals surface area contributed by atoms with Gasteiger partial charge in [0.1, 0.15) is 11.4 Å². The molecule has 112 valence electrons. The molecule has 5 heteroatoms. The SMILES string of the molecule is COCC(C)(O)CNC(=O)CCc1ccc(OC)cc1. The van der Waals surface area contributed by atoms with Gasteiger partial charge in [-0.25, -0.2) is 0 Å². The van der Waals surface area contributed by atoms with Crippen molar-refractivity contribution >= 4 is 5.91 Å². The Hall–Kier alpha value is -1.59. The Morgan fingerprint density at radius 1 is 1.30 bits per heavy atom. The lowest BCUT2D eigenvalue weighted by atomic mass is 10.1. The largest absolute Gasteiger partial charge is 0.497 e. The van der Waals surface area contributed by atoms with E-state index in [9.17, 15) is 9.90 Å². The molecule has 0 bridgehead atoms. The van der Waals surface area contributed by atoms with Crippen LogP contribution in [0.1, 0.15) is 18.9 Å². The van der Waals surface area contributed by atoms with Crippen molar-refractivity contribution in [1.82, 2.24) is 5.32 Å². The van der Waals surface area contributed by atoms with Gasteiger partial charge in [0, 0.05) is 20.1 Å². The Balaban J connectivity index is 2.32. The van der Waals surface area contributed by atoms with Crippen LogP contribution >= 0.6 is 0 Å². The molecule has 0 heterocycles. The summed E-state index contributed by atoms with van der Waals surface area (Å²) in [6, 6.07) is 7.62. The number of hydrogen-bond donors (Lipinski definition) is 2. The van der Waals surface area contributed by atoms with Crippen molar-refractivity contribution in [3.8, 4) is 5.75 Å². The molecular weight excluding hydrogens is 258 g/mol. The fraction of sp³-hybridized carbons (Fsp3) is 0.533. The summed E-state index contributed by atoms with van der Waals surface area (Å²) in [5, 5.41) is 12.6. The van der Waals surface area contributed by atoms with Gasteiger partial charge in [-0.15, -0.1) is 0 Å². The van der Waals surface area contributed by atoms with E-state index in [1.807, 2.05) is 24.3 Å². The zero-order valence-electron chi connectivity index (χ0n) is 12.3. The maximum atomic E-state index is 11.7. The van der Waals surface area contributed by atoms with Crippen LogP contribution in [-0.2, 0) is 16.0 Å². The minimum absolute atomic E-state index is 0.0859. The molecule has 5 nitrogen and oxygen atoms in total. The van der Waals surface area contributed by atoms with Crippen LogP contribution in [0.3, 0.4) is 0 Å². The number of aryl methyl sites for hydroxylation is 1. The summed E-state index contributed by atoms with van der Waals surface area (Å²) < 4.78 is 9.95. The van der Waals surface area contributed by atoms with Crippen LogP contribution in [0, 0.1) is 0 Å². The molecule has 1 unspecified atom stereocenters. The van der Waals surface area contributed by atoms with E-state index in [2.05, 4.69) is 5.32 Å². The zero-order valence-corrected chi connectivity index (χ0v) is 12.3. The summed E-state index contributed by atoms with van der Waals surface area (Å²) in [5.41, 5.74) is 0.0365. The highest BCUT2D eigenvalue weighted by Crippen LogP contribution is 2.12. The van der Waals surface area contributed by atoms with Crippen molar-refractivity contribution in [1.29, 1.82) is 0 Å². The summed E-state index contributed by atoms with van der Waals surface area (Å²) in [5.74, 6) is 0.714. The molecular formula is C15H23NO4. The number of nitrogens with one attached hydrogen (secondary N) is 1. The van der Waals surface area contributed by atoms with Gasteiger partial charge < -0.3 is 19.9 Å². The van der Waals surface area contributed by atoms with Gasteiger partial charge >= 0.3 is 0 Å². The summed E-state index contributed by atoms with van der Waals surface area (Å²) in [6.45, 7) is 1.99. The lowest BCUT2D eigenvalue weighted by Gasteiger charge is -2.22. The van der Waals surface area contributed by atoms with Crippen LogP contribution in [0.5, 0.6) is 5.75 Å². The Bertz CT molecular complexity index is 414. The molecule has 0 fully saturated rings. The van der Waals surface area contributed by atoms with Crippen LogP contribution in [0.15, 0.2) is 24.3 Å². The first-order valence-electron chi connectivity index (χ1n) is 6.58. The third-order valence-electron chi connectivity index (χ3n) is 2.92. The molecule has 0 saturated carbocycles. The van der Waals surface area contributed by atoms with Crippen LogP contribution in [-0.4, -0.2) is 44.0 Å². The van der Waals surface area contributed by atoms with Gasteiger partial charge in [0.25, 0.3) is 0 Å². The maximum absolute atomic E-state index is 11.7. The monoisotopic (exact) mass is 281 g/mol. The van der Waals surface area contributed by atoms with Crippen LogP contribution < -0.4 is 10.1 Å². The van der Waals surface area contributed by atoms with Crippen LogP contribution in [0.2, 0.25) is 0 Å². The molecule has 0 aliphatic carbocycles. The Morgan fingerprint density at radius 2 is 1.95 bits per heavy atom. The van der Waals surface area contributed by atoms with Gasteiger partial charge in [-0.2, -0.15) is 0 Å². The second-order valence-corrected chi connectivity index (χ2v) is 5.05. The summed E-state index contributed by atoms with van der Waals surface area (Å²) in [6.07, 6.45) is 1.04. The third kappa shape index (κ3) is 6.04. The van der Waals surface area contributed by atoms with E-state index >= 15 is 0 Å². The van der Waals surface area contributed by atoms with Crippen molar-refractivity contribution in [2.45, 2.75) is 25.4 Å². The van der Waals surface area contributed by atoms with Crippen molar-refractivity contribution < 1.29 is 19.4 Å². The van der Waals surface area contributed by atoms with E-state index in [1.54, 1.807) is 14.0 Å². The molecule has 1 aromatic rings. The smallest absolute Gasteiger partial charge is 0.220 e. The number of aliphatic hydroxyl groups is 1. The summed E-state index contributed by atoms with van der Waals surface area (Å²) in [7, 11) is 3.13. The average molecular weight is 281 g/mol. The van der Waals surface area contributed by atoms with Gasteiger partial charge in [-0.05, 0) is 31.0 Å². The second-order valence-electron chi connectivity index (χ2n) is 5.05. The molecule has 0 radical (unpaired) electrons. The van der Waals surface area contributed by atoms with Gasteiger partial charge in [-0.1, -0.05) is 12.1 Å². The second kappa shape index (κ2) is 7.87. The predicted octanol–water partition coefficient (Wildman–Crippen LogP) is 1.14. The molecule has 20 heavy (non-hydrogen) atoms. The highest BCUT2D eigenvalue weighted by molar-refractivity contribution is 5.76. The normalized spacial score (nSPS) is 13.6. The average Bonchev–Trinajstić information content (AvgIpc) is 2.43. The van der Waals surface area contributed by atoms with Crippen molar-refractivity contribution in [2.75, 3.05) is 27.4 Å². The molecule has 1 amide bonds. The zero-order chi connectivity index (χ0) is 15.0. The highest BCUT2D eigenvalue weighted by atomic mass is 16.5. The van der Waals surface area contributed by atoms with Gasteiger partial charge in [0.2, 0.25) is 5.91 Å².